The summed E-state index contributed by atoms with van der Waals surface area (Å²) in [7, 11) is -3.33. The first-order chi connectivity index (χ1) is 10.3. The lowest BCUT2D eigenvalue weighted by molar-refractivity contribution is 0.0846. The highest BCUT2D eigenvalue weighted by molar-refractivity contribution is 7.87. The molecule has 122 valence electrons. The molecular formula is C15H20O6S. The van der Waals surface area contributed by atoms with Crippen LogP contribution in [0.25, 0.3) is 0 Å². The molecule has 1 fully saturated rings. The molecule has 2 rings (SSSR count). The molecule has 1 saturated carbocycles. The van der Waals surface area contributed by atoms with E-state index in [0.29, 0.717) is 11.3 Å². The third-order valence-electron chi connectivity index (χ3n) is 4.08. The van der Waals surface area contributed by atoms with Crippen LogP contribution >= 0.6 is 0 Å². The molecule has 1 aliphatic carbocycles. The van der Waals surface area contributed by atoms with Crippen molar-refractivity contribution >= 4 is 15.9 Å². The number of benzene rings is 1. The molecule has 1 atom stereocenters. The Morgan fingerprint density at radius 2 is 1.91 bits per heavy atom. The largest absolute Gasteiger partial charge is 0.497 e. The molecule has 0 heterocycles. The zero-order valence-electron chi connectivity index (χ0n) is 12.4. The van der Waals surface area contributed by atoms with Gasteiger partial charge in [-0.15, -0.1) is 0 Å². The van der Waals surface area contributed by atoms with Crippen LogP contribution in [0, 0.1) is 0 Å². The fourth-order valence-electron chi connectivity index (χ4n) is 2.91. The molecule has 1 aromatic carbocycles. The lowest BCUT2D eigenvalue weighted by atomic mass is 9.81. The molecule has 1 unspecified atom stereocenters. The summed E-state index contributed by atoms with van der Waals surface area (Å²) in [6.07, 6.45) is 5.01. The van der Waals surface area contributed by atoms with Crippen LogP contribution in [0.15, 0.2) is 18.2 Å². The quantitative estimate of drug-likeness (QED) is 0.634. The zero-order chi connectivity index (χ0) is 16.3. The van der Waals surface area contributed by atoms with Crippen LogP contribution in [-0.2, 0) is 10.1 Å². The van der Waals surface area contributed by atoms with Gasteiger partial charge in [0.15, 0.2) is 0 Å². The standard InChI is InChI=1S/C15H20O6S/c1-21-11-7-8-12(14(16)15(17)22(18,19)20)13(9-11)10-5-3-2-4-6-10/h7-10,15,17H,2-6H2,1H3,(H,18,19,20). The minimum Gasteiger partial charge on any atom is -0.497 e. The van der Waals surface area contributed by atoms with Gasteiger partial charge in [0.05, 0.1) is 7.11 Å². The van der Waals surface area contributed by atoms with E-state index < -0.39 is 21.3 Å². The Kier molecular flexibility index (Phi) is 5.20. The fourth-order valence-corrected chi connectivity index (χ4v) is 3.31. The first-order valence-electron chi connectivity index (χ1n) is 7.21. The topological polar surface area (TPSA) is 101 Å². The van der Waals surface area contributed by atoms with E-state index >= 15 is 0 Å². The van der Waals surface area contributed by atoms with Gasteiger partial charge in [-0.05, 0) is 42.5 Å². The molecule has 0 spiro atoms. The maximum atomic E-state index is 12.2. The molecule has 1 aliphatic rings. The van der Waals surface area contributed by atoms with Crippen LogP contribution < -0.4 is 4.74 Å². The summed E-state index contributed by atoms with van der Waals surface area (Å²) in [4.78, 5) is 12.2. The molecule has 2 N–H and O–H groups in total. The van der Waals surface area contributed by atoms with Gasteiger partial charge in [-0.3, -0.25) is 9.35 Å². The zero-order valence-corrected chi connectivity index (χ0v) is 13.2. The Morgan fingerprint density at radius 3 is 2.45 bits per heavy atom. The van der Waals surface area contributed by atoms with Crippen LogP contribution in [-0.4, -0.2) is 36.4 Å². The molecule has 6 nitrogen and oxygen atoms in total. The SMILES string of the molecule is COc1ccc(C(=O)C(O)S(=O)(=O)O)c(C2CCCCC2)c1. The molecule has 0 saturated heterocycles. The minimum atomic E-state index is -4.84. The molecule has 0 aromatic heterocycles. The van der Waals surface area contributed by atoms with Crippen LogP contribution in [0.3, 0.4) is 0 Å². The maximum Gasteiger partial charge on any atom is 0.299 e. The summed E-state index contributed by atoms with van der Waals surface area (Å²) in [5.41, 5.74) is -1.66. The van der Waals surface area contributed by atoms with E-state index in [1.54, 1.807) is 6.07 Å². The molecule has 0 amide bonds. The lowest BCUT2D eigenvalue weighted by Crippen LogP contribution is -2.30. The van der Waals surface area contributed by atoms with E-state index in [0.717, 1.165) is 32.1 Å². The van der Waals surface area contributed by atoms with Gasteiger partial charge in [-0.2, -0.15) is 8.42 Å². The average molecular weight is 328 g/mol. The van der Waals surface area contributed by atoms with E-state index in [-0.39, 0.29) is 11.5 Å². The smallest absolute Gasteiger partial charge is 0.299 e. The van der Waals surface area contributed by atoms with Crippen molar-refractivity contribution in [1.29, 1.82) is 0 Å². The lowest BCUT2D eigenvalue weighted by Gasteiger charge is -2.24. The summed E-state index contributed by atoms with van der Waals surface area (Å²) in [6.45, 7) is 0. The van der Waals surface area contributed by atoms with Crippen LogP contribution in [0.5, 0.6) is 5.75 Å². The number of methoxy groups -OCH3 is 1. The van der Waals surface area contributed by atoms with Gasteiger partial charge in [-0.1, -0.05) is 19.3 Å². The molecule has 22 heavy (non-hydrogen) atoms. The number of rotatable bonds is 5. The average Bonchev–Trinajstić information content (AvgIpc) is 2.52. The van der Waals surface area contributed by atoms with Crippen LogP contribution in [0.1, 0.15) is 53.9 Å². The molecular weight excluding hydrogens is 308 g/mol. The molecule has 0 bridgehead atoms. The highest BCUT2D eigenvalue weighted by Crippen LogP contribution is 2.36. The summed E-state index contributed by atoms with van der Waals surface area (Å²) < 4.78 is 36.1. The van der Waals surface area contributed by atoms with Crippen molar-refractivity contribution in [3.05, 3.63) is 29.3 Å². The summed E-state index contributed by atoms with van der Waals surface area (Å²) in [6, 6.07) is 4.69. The number of aliphatic hydroxyl groups is 1. The number of aliphatic hydroxyl groups excluding tert-OH is 1. The number of ketones is 1. The van der Waals surface area contributed by atoms with Crippen molar-refractivity contribution in [2.45, 2.75) is 43.5 Å². The number of hydrogen-bond acceptors (Lipinski definition) is 5. The van der Waals surface area contributed by atoms with Crippen LogP contribution in [0.2, 0.25) is 0 Å². The highest BCUT2D eigenvalue weighted by Gasteiger charge is 2.32. The highest BCUT2D eigenvalue weighted by atomic mass is 32.2. The second kappa shape index (κ2) is 6.76. The van der Waals surface area contributed by atoms with E-state index in [4.69, 9.17) is 9.29 Å². The Bertz CT molecular complexity index is 646. The second-order valence-corrected chi connectivity index (χ2v) is 7.00. The van der Waals surface area contributed by atoms with E-state index in [2.05, 4.69) is 0 Å². The Balaban J connectivity index is 2.43. The van der Waals surface area contributed by atoms with Crippen molar-refractivity contribution in [2.24, 2.45) is 0 Å². The van der Waals surface area contributed by atoms with Crippen molar-refractivity contribution in [3.63, 3.8) is 0 Å². The van der Waals surface area contributed by atoms with E-state index in [9.17, 15) is 18.3 Å². The van der Waals surface area contributed by atoms with Gasteiger partial charge >= 0.3 is 0 Å². The number of Topliss-reactive ketones (excluding diaryl/α,β-unsaturated/α-hetero) is 1. The minimum absolute atomic E-state index is 0.122. The maximum absolute atomic E-state index is 12.2. The van der Waals surface area contributed by atoms with Crippen molar-refractivity contribution in [1.82, 2.24) is 0 Å². The number of carbonyl (C=O) groups is 1. The monoisotopic (exact) mass is 328 g/mol. The van der Waals surface area contributed by atoms with Gasteiger partial charge < -0.3 is 9.84 Å². The second-order valence-electron chi connectivity index (χ2n) is 5.52. The fraction of sp³-hybridized carbons (Fsp3) is 0.533. The van der Waals surface area contributed by atoms with Gasteiger partial charge in [0.2, 0.25) is 11.2 Å². The number of carbonyl (C=O) groups excluding carboxylic acids is 1. The third kappa shape index (κ3) is 3.66. The third-order valence-corrected chi connectivity index (χ3v) is 4.85. The number of hydrogen-bond donors (Lipinski definition) is 2. The summed E-state index contributed by atoms with van der Waals surface area (Å²) in [5.74, 6) is -0.319. The normalized spacial score (nSPS) is 18.0. The van der Waals surface area contributed by atoms with Crippen molar-refractivity contribution in [2.75, 3.05) is 7.11 Å². The van der Waals surface area contributed by atoms with Crippen molar-refractivity contribution < 1.29 is 27.6 Å². The van der Waals surface area contributed by atoms with E-state index in [1.807, 2.05) is 0 Å². The van der Waals surface area contributed by atoms with Gasteiger partial charge in [0.25, 0.3) is 10.1 Å². The van der Waals surface area contributed by atoms with E-state index in [1.165, 1.54) is 19.2 Å². The first kappa shape index (κ1) is 16.9. The Hall–Kier alpha value is -1.44. The van der Waals surface area contributed by atoms with Gasteiger partial charge in [0, 0.05) is 5.56 Å². The predicted octanol–water partition coefficient (Wildman–Crippen LogP) is 2.13. The molecule has 0 radical (unpaired) electrons. The number of ether oxygens (including phenoxy) is 1. The first-order valence-corrected chi connectivity index (χ1v) is 8.71. The Labute approximate surface area is 129 Å². The molecule has 7 heteroatoms. The summed E-state index contributed by atoms with van der Waals surface area (Å²) in [5, 5.41) is 9.54. The van der Waals surface area contributed by atoms with Gasteiger partial charge in [0.1, 0.15) is 5.75 Å². The Morgan fingerprint density at radius 1 is 1.27 bits per heavy atom. The van der Waals surface area contributed by atoms with Crippen LogP contribution in [0.4, 0.5) is 0 Å². The molecule has 0 aliphatic heterocycles. The predicted molar refractivity (Wildman–Crippen MR) is 80.7 cm³/mol. The van der Waals surface area contributed by atoms with Crippen molar-refractivity contribution in [3.8, 4) is 5.75 Å². The van der Waals surface area contributed by atoms with Gasteiger partial charge in [-0.25, -0.2) is 0 Å². The summed E-state index contributed by atoms with van der Waals surface area (Å²) >= 11 is 0. The molecule has 1 aromatic rings.